The van der Waals surface area contributed by atoms with E-state index >= 15 is 0 Å². The lowest BCUT2D eigenvalue weighted by Crippen LogP contribution is -2.31. The largest absolute Gasteiger partial charge is 0.503 e. The minimum absolute atomic E-state index is 0.0311. The first-order valence-electron chi connectivity index (χ1n) is 7.63. The second-order valence-electron chi connectivity index (χ2n) is 5.54. The van der Waals surface area contributed by atoms with Crippen molar-refractivity contribution in [3.63, 3.8) is 0 Å². The van der Waals surface area contributed by atoms with Crippen LogP contribution in [0.5, 0.6) is 0 Å². The molecule has 9 heteroatoms. The number of Topliss-reactive ketones (excluding diaryl/α,β-unsaturated/α-hetero) is 1. The van der Waals surface area contributed by atoms with Gasteiger partial charge < -0.3 is 9.52 Å². The number of amides is 1. The van der Waals surface area contributed by atoms with Crippen LogP contribution in [0.3, 0.4) is 0 Å². The molecule has 0 spiro atoms. The molecule has 3 aromatic heterocycles. The van der Waals surface area contributed by atoms with E-state index in [4.69, 9.17) is 4.42 Å². The maximum atomic E-state index is 12.9. The Balaban J connectivity index is 1.88. The van der Waals surface area contributed by atoms with Crippen LogP contribution >= 0.6 is 11.3 Å². The van der Waals surface area contributed by atoms with Crippen LogP contribution in [-0.4, -0.2) is 32.0 Å². The van der Waals surface area contributed by atoms with Crippen LogP contribution in [0.2, 0.25) is 0 Å². The van der Waals surface area contributed by atoms with Crippen molar-refractivity contribution in [2.24, 2.45) is 0 Å². The van der Waals surface area contributed by atoms with Gasteiger partial charge in [-0.05, 0) is 30.7 Å². The molecule has 0 bridgehead atoms. The molecule has 0 aromatic carbocycles. The Labute approximate surface area is 151 Å². The number of aromatic nitrogens is 3. The molecule has 1 atom stereocenters. The van der Waals surface area contributed by atoms with Crippen LogP contribution in [-0.2, 0) is 4.79 Å². The zero-order valence-corrected chi connectivity index (χ0v) is 14.3. The van der Waals surface area contributed by atoms with E-state index < -0.39 is 23.5 Å². The number of furan rings is 1. The van der Waals surface area contributed by atoms with Gasteiger partial charge in [0.2, 0.25) is 10.9 Å². The van der Waals surface area contributed by atoms with Gasteiger partial charge in [0, 0.05) is 12.4 Å². The number of ketones is 1. The number of aliphatic hydroxyl groups is 1. The molecular formula is C17H12N4O4S. The number of nitrogens with zero attached hydrogens (tertiary/aromatic N) is 4. The fourth-order valence-corrected chi connectivity index (χ4v) is 3.53. The summed E-state index contributed by atoms with van der Waals surface area (Å²) in [7, 11) is 0. The fourth-order valence-electron chi connectivity index (χ4n) is 2.81. The maximum absolute atomic E-state index is 12.9. The van der Waals surface area contributed by atoms with Crippen molar-refractivity contribution < 1.29 is 19.1 Å². The van der Waals surface area contributed by atoms with E-state index in [-0.39, 0.29) is 16.5 Å². The smallest absolute Gasteiger partial charge is 0.296 e. The van der Waals surface area contributed by atoms with Gasteiger partial charge in [-0.1, -0.05) is 17.4 Å². The van der Waals surface area contributed by atoms with E-state index in [0.717, 1.165) is 0 Å². The number of aliphatic hydroxyl groups excluding tert-OH is 1. The summed E-state index contributed by atoms with van der Waals surface area (Å²) in [4.78, 5) is 30.9. The first kappa shape index (κ1) is 16.2. The lowest BCUT2D eigenvalue weighted by atomic mass is 9.96. The summed E-state index contributed by atoms with van der Waals surface area (Å²) in [6.45, 7) is 1.75. The van der Waals surface area contributed by atoms with E-state index in [1.807, 2.05) is 0 Å². The topological polar surface area (TPSA) is 109 Å². The summed E-state index contributed by atoms with van der Waals surface area (Å²) in [6, 6.07) is 5.58. The van der Waals surface area contributed by atoms with Crippen LogP contribution in [0.4, 0.5) is 5.13 Å². The Morgan fingerprint density at radius 2 is 2.15 bits per heavy atom. The van der Waals surface area contributed by atoms with Crippen LogP contribution in [0.25, 0.3) is 0 Å². The van der Waals surface area contributed by atoms with Gasteiger partial charge in [-0.3, -0.25) is 19.5 Å². The third-order valence-electron chi connectivity index (χ3n) is 3.92. The van der Waals surface area contributed by atoms with Crippen LogP contribution in [0, 0.1) is 6.92 Å². The van der Waals surface area contributed by atoms with Gasteiger partial charge in [-0.25, -0.2) is 0 Å². The minimum Gasteiger partial charge on any atom is -0.503 e. The molecule has 0 unspecified atom stereocenters. The first-order chi connectivity index (χ1) is 12.6. The molecule has 4 rings (SSSR count). The molecular weight excluding hydrogens is 356 g/mol. The van der Waals surface area contributed by atoms with Crippen LogP contribution in [0.1, 0.15) is 27.2 Å². The van der Waals surface area contributed by atoms with Gasteiger partial charge in [-0.15, -0.1) is 10.2 Å². The predicted molar refractivity (Wildman–Crippen MR) is 91.8 cm³/mol. The highest BCUT2D eigenvalue weighted by Gasteiger charge is 2.46. The van der Waals surface area contributed by atoms with Crippen molar-refractivity contribution in [2.45, 2.75) is 13.0 Å². The molecule has 3 aromatic rings. The maximum Gasteiger partial charge on any atom is 0.296 e. The van der Waals surface area contributed by atoms with Crippen molar-refractivity contribution in [3.05, 3.63) is 70.6 Å². The summed E-state index contributed by atoms with van der Waals surface area (Å²) in [5, 5.41) is 19.3. The molecule has 130 valence electrons. The lowest BCUT2D eigenvalue weighted by Gasteiger charge is -2.23. The predicted octanol–water partition coefficient (Wildman–Crippen LogP) is 2.62. The average Bonchev–Trinajstić information content (AvgIpc) is 3.37. The molecule has 1 aliphatic rings. The second-order valence-corrected chi connectivity index (χ2v) is 6.70. The normalized spacial score (nSPS) is 17.2. The minimum atomic E-state index is -0.874. The Bertz CT molecular complexity index is 1010. The van der Waals surface area contributed by atoms with Gasteiger partial charge in [0.05, 0.1) is 17.9 Å². The Morgan fingerprint density at radius 3 is 2.77 bits per heavy atom. The molecule has 26 heavy (non-hydrogen) atoms. The van der Waals surface area contributed by atoms with Crippen LogP contribution < -0.4 is 4.90 Å². The zero-order chi connectivity index (χ0) is 18.3. The highest BCUT2D eigenvalue weighted by Crippen LogP contribution is 2.42. The standard InChI is InChI=1S/C17H12N4O4S/c1-9-19-20-17(26-9)21-13(10-4-2-6-18-8-10)12(15(23)16(21)24)14(22)11-5-3-7-25-11/h2-8,13,23H,1H3/t13-/m0/s1. The fraction of sp³-hybridized carbons (Fsp3) is 0.118. The monoisotopic (exact) mass is 368 g/mol. The lowest BCUT2D eigenvalue weighted by molar-refractivity contribution is -0.117. The molecule has 1 amide bonds. The van der Waals surface area contributed by atoms with Gasteiger partial charge in [0.25, 0.3) is 5.91 Å². The summed E-state index contributed by atoms with van der Waals surface area (Å²) >= 11 is 1.19. The molecule has 0 fully saturated rings. The Kier molecular flexibility index (Phi) is 3.85. The molecule has 4 heterocycles. The number of rotatable bonds is 4. The highest BCUT2D eigenvalue weighted by molar-refractivity contribution is 7.15. The number of carbonyl (C=O) groups excluding carboxylic acids is 2. The van der Waals surface area contributed by atoms with Crippen LogP contribution in [0.15, 0.2) is 58.7 Å². The van der Waals surface area contributed by atoms with Gasteiger partial charge in [-0.2, -0.15) is 0 Å². The zero-order valence-electron chi connectivity index (χ0n) is 13.5. The van der Waals surface area contributed by atoms with Gasteiger partial charge >= 0.3 is 0 Å². The van der Waals surface area contributed by atoms with Crippen molar-refractivity contribution in [1.82, 2.24) is 15.2 Å². The summed E-state index contributed by atoms with van der Waals surface area (Å²) in [5.41, 5.74) is 0.485. The van der Waals surface area contributed by atoms with E-state index in [2.05, 4.69) is 15.2 Å². The van der Waals surface area contributed by atoms with E-state index in [0.29, 0.717) is 10.6 Å². The first-order valence-corrected chi connectivity index (χ1v) is 8.44. The summed E-state index contributed by atoms with van der Waals surface area (Å²) in [6.07, 6.45) is 4.47. The quantitative estimate of drug-likeness (QED) is 0.705. The van der Waals surface area contributed by atoms with Crippen molar-refractivity contribution in [2.75, 3.05) is 4.90 Å². The second kappa shape index (κ2) is 6.19. The SMILES string of the molecule is Cc1nnc(N2C(=O)C(O)=C(C(=O)c3ccco3)[C@@H]2c2cccnc2)s1. The molecule has 0 aliphatic carbocycles. The molecule has 0 saturated carbocycles. The molecule has 8 nitrogen and oxygen atoms in total. The number of carbonyl (C=O) groups is 2. The number of pyridine rings is 1. The Morgan fingerprint density at radius 1 is 1.31 bits per heavy atom. The Hall–Kier alpha value is -3.33. The van der Waals surface area contributed by atoms with E-state index in [1.54, 1.807) is 31.3 Å². The molecule has 0 saturated heterocycles. The number of hydrogen-bond acceptors (Lipinski definition) is 8. The van der Waals surface area contributed by atoms with Gasteiger partial charge in [0.1, 0.15) is 5.01 Å². The van der Waals surface area contributed by atoms with Gasteiger partial charge in [0.15, 0.2) is 11.5 Å². The average molecular weight is 368 g/mol. The molecule has 1 N–H and O–H groups in total. The van der Waals surface area contributed by atoms with Crippen molar-refractivity contribution in [1.29, 1.82) is 0 Å². The molecule has 0 radical (unpaired) electrons. The highest BCUT2D eigenvalue weighted by atomic mass is 32.1. The number of hydrogen-bond donors (Lipinski definition) is 1. The van der Waals surface area contributed by atoms with E-state index in [1.165, 1.54) is 34.8 Å². The van der Waals surface area contributed by atoms with Crippen molar-refractivity contribution in [3.8, 4) is 0 Å². The summed E-state index contributed by atoms with van der Waals surface area (Å²) in [5.74, 6) is -1.89. The number of anilines is 1. The molecule has 1 aliphatic heterocycles. The number of aryl methyl sites for hydroxylation is 1. The summed E-state index contributed by atoms with van der Waals surface area (Å²) < 4.78 is 5.15. The van der Waals surface area contributed by atoms with E-state index in [9.17, 15) is 14.7 Å². The van der Waals surface area contributed by atoms with Crippen molar-refractivity contribution >= 4 is 28.2 Å². The third-order valence-corrected chi connectivity index (χ3v) is 4.76. The third kappa shape index (κ3) is 2.49.